The van der Waals surface area contributed by atoms with Crippen molar-refractivity contribution in [3.05, 3.63) is 12.2 Å². The van der Waals surface area contributed by atoms with Gasteiger partial charge in [-0.25, -0.2) is 4.98 Å². The lowest BCUT2D eigenvalue weighted by Crippen LogP contribution is -2.27. The van der Waals surface area contributed by atoms with Crippen LogP contribution in [-0.4, -0.2) is 21.1 Å². The molecule has 19 heavy (non-hydrogen) atoms. The molecule has 0 aliphatic carbocycles. The molecule has 0 spiro atoms. The molecule has 0 saturated heterocycles. The molecule has 1 rings (SSSR count). The van der Waals surface area contributed by atoms with Gasteiger partial charge in [-0.05, 0) is 13.3 Å². The summed E-state index contributed by atoms with van der Waals surface area (Å²) in [5.74, 6) is 0.797. The van der Waals surface area contributed by atoms with E-state index in [0.717, 1.165) is 12.8 Å². The molecule has 2 N–H and O–H groups in total. The van der Waals surface area contributed by atoms with Gasteiger partial charge in [-0.2, -0.15) is 5.10 Å². The number of hydrogen-bond acceptors (Lipinski definition) is 3. The summed E-state index contributed by atoms with van der Waals surface area (Å²) in [5, 5.41) is 9.46. The van der Waals surface area contributed by atoms with Crippen LogP contribution >= 0.6 is 0 Å². The van der Waals surface area contributed by atoms with Crippen LogP contribution in [0.5, 0.6) is 0 Å². The Morgan fingerprint density at radius 2 is 1.95 bits per heavy atom. The van der Waals surface area contributed by atoms with Crippen molar-refractivity contribution in [3.63, 3.8) is 0 Å². The van der Waals surface area contributed by atoms with Crippen molar-refractivity contribution in [1.29, 1.82) is 0 Å². The van der Waals surface area contributed by atoms with Gasteiger partial charge in [-0.15, -0.1) is 0 Å². The van der Waals surface area contributed by atoms with Gasteiger partial charge in [0.2, 0.25) is 5.91 Å². The summed E-state index contributed by atoms with van der Waals surface area (Å²) in [5.41, 5.74) is 0. The van der Waals surface area contributed by atoms with Crippen LogP contribution in [0.2, 0.25) is 0 Å². The normalized spacial score (nSPS) is 12.3. The quantitative estimate of drug-likeness (QED) is 0.639. The van der Waals surface area contributed by atoms with Crippen LogP contribution in [0.3, 0.4) is 0 Å². The topological polar surface area (TPSA) is 70.7 Å². The van der Waals surface area contributed by atoms with Gasteiger partial charge in [0.25, 0.3) is 0 Å². The molecular weight excluding hydrogens is 240 g/mol. The fourth-order valence-corrected chi connectivity index (χ4v) is 2.05. The maximum absolute atomic E-state index is 11.7. The van der Waals surface area contributed by atoms with E-state index >= 15 is 0 Å². The smallest absolute Gasteiger partial charge is 0.220 e. The fourth-order valence-electron chi connectivity index (χ4n) is 2.05. The number of carbonyl (C=O) groups is 1. The summed E-state index contributed by atoms with van der Waals surface area (Å²) in [6.07, 6.45) is 10.6. The Morgan fingerprint density at radius 1 is 1.26 bits per heavy atom. The van der Waals surface area contributed by atoms with E-state index in [1.54, 1.807) is 0 Å². The van der Waals surface area contributed by atoms with Crippen molar-refractivity contribution < 1.29 is 4.79 Å². The molecule has 1 unspecified atom stereocenters. The van der Waals surface area contributed by atoms with Gasteiger partial charge in [-0.1, -0.05) is 45.4 Å². The summed E-state index contributed by atoms with van der Waals surface area (Å²) >= 11 is 0. The summed E-state index contributed by atoms with van der Waals surface area (Å²) in [6.45, 7) is 4.13. The molecule has 0 aromatic carbocycles. The molecule has 0 bridgehead atoms. The summed E-state index contributed by atoms with van der Waals surface area (Å²) in [6, 6.07) is -0.0976. The second-order valence-electron chi connectivity index (χ2n) is 5.03. The molecule has 1 aromatic heterocycles. The van der Waals surface area contributed by atoms with Crippen molar-refractivity contribution in [3.8, 4) is 0 Å². The fraction of sp³-hybridized carbons (Fsp3) is 0.786. The number of H-pyrrole nitrogens is 1. The molecule has 1 atom stereocenters. The third-order valence-corrected chi connectivity index (χ3v) is 3.23. The van der Waals surface area contributed by atoms with Gasteiger partial charge in [0, 0.05) is 6.42 Å². The lowest BCUT2D eigenvalue weighted by molar-refractivity contribution is -0.121. The second-order valence-corrected chi connectivity index (χ2v) is 5.03. The van der Waals surface area contributed by atoms with Crippen molar-refractivity contribution in [1.82, 2.24) is 20.5 Å². The highest BCUT2D eigenvalue weighted by atomic mass is 16.1. The van der Waals surface area contributed by atoms with E-state index in [4.69, 9.17) is 0 Å². The Bertz CT molecular complexity index is 337. The van der Waals surface area contributed by atoms with Crippen LogP contribution in [0, 0.1) is 0 Å². The van der Waals surface area contributed by atoms with Crippen LogP contribution in [0.1, 0.15) is 77.1 Å². The number of carbonyl (C=O) groups excluding carboxylic acids is 1. The summed E-state index contributed by atoms with van der Waals surface area (Å²) in [7, 11) is 0. The van der Waals surface area contributed by atoms with Crippen molar-refractivity contribution in [2.24, 2.45) is 0 Å². The first-order valence-electron chi connectivity index (χ1n) is 7.38. The maximum Gasteiger partial charge on any atom is 0.220 e. The van der Waals surface area contributed by atoms with Crippen LogP contribution < -0.4 is 5.32 Å². The monoisotopic (exact) mass is 266 g/mol. The molecule has 5 heteroatoms. The van der Waals surface area contributed by atoms with Crippen LogP contribution in [0.25, 0.3) is 0 Å². The zero-order valence-corrected chi connectivity index (χ0v) is 12.1. The Balaban J connectivity index is 2.02. The SMILES string of the molecule is CCCCCCCCCC(=O)NC(C)c1ncn[nH]1. The van der Waals surface area contributed by atoms with Crippen molar-refractivity contribution in [2.45, 2.75) is 71.3 Å². The number of aromatic amines is 1. The molecule has 1 amide bonds. The highest BCUT2D eigenvalue weighted by molar-refractivity contribution is 5.76. The number of nitrogens with one attached hydrogen (secondary N) is 2. The molecule has 0 radical (unpaired) electrons. The van der Waals surface area contributed by atoms with E-state index < -0.39 is 0 Å². The Kier molecular flexibility index (Phi) is 7.86. The van der Waals surface area contributed by atoms with E-state index in [1.165, 1.54) is 38.4 Å². The first-order valence-corrected chi connectivity index (χ1v) is 7.38. The van der Waals surface area contributed by atoms with Gasteiger partial charge >= 0.3 is 0 Å². The highest BCUT2D eigenvalue weighted by Crippen LogP contribution is 2.09. The van der Waals surface area contributed by atoms with E-state index in [9.17, 15) is 4.79 Å². The molecule has 0 aliphatic heterocycles. The average Bonchev–Trinajstić information content (AvgIpc) is 2.91. The molecule has 0 aliphatic rings. The number of nitrogens with zero attached hydrogens (tertiary/aromatic N) is 2. The maximum atomic E-state index is 11.7. The van der Waals surface area contributed by atoms with Crippen molar-refractivity contribution in [2.75, 3.05) is 0 Å². The summed E-state index contributed by atoms with van der Waals surface area (Å²) in [4.78, 5) is 15.7. The lowest BCUT2D eigenvalue weighted by Gasteiger charge is -2.10. The molecule has 108 valence electrons. The van der Waals surface area contributed by atoms with Crippen LogP contribution in [0.4, 0.5) is 0 Å². The Hall–Kier alpha value is -1.39. The zero-order valence-electron chi connectivity index (χ0n) is 12.1. The average molecular weight is 266 g/mol. The van der Waals surface area contributed by atoms with E-state index in [0.29, 0.717) is 12.2 Å². The molecular formula is C14H26N4O. The third-order valence-electron chi connectivity index (χ3n) is 3.23. The van der Waals surface area contributed by atoms with Crippen molar-refractivity contribution >= 4 is 5.91 Å². The molecule has 0 saturated carbocycles. The van der Waals surface area contributed by atoms with Gasteiger partial charge in [0.15, 0.2) is 0 Å². The van der Waals surface area contributed by atoms with Gasteiger partial charge in [0.1, 0.15) is 12.2 Å². The Labute approximate surface area is 115 Å². The van der Waals surface area contributed by atoms with E-state index in [2.05, 4.69) is 27.4 Å². The molecule has 1 aromatic rings. The number of hydrogen-bond donors (Lipinski definition) is 2. The number of rotatable bonds is 10. The zero-order chi connectivity index (χ0) is 13.9. The van der Waals surface area contributed by atoms with Gasteiger partial charge < -0.3 is 5.32 Å². The van der Waals surface area contributed by atoms with Gasteiger partial charge in [0.05, 0.1) is 6.04 Å². The van der Waals surface area contributed by atoms with Gasteiger partial charge in [-0.3, -0.25) is 9.89 Å². The standard InChI is InChI=1S/C14H26N4O/c1-3-4-5-6-7-8-9-10-13(19)17-12(2)14-15-11-16-18-14/h11-12H,3-10H2,1-2H3,(H,17,19)(H,15,16,18). The summed E-state index contributed by atoms with van der Waals surface area (Å²) < 4.78 is 0. The first-order chi connectivity index (χ1) is 9.24. The molecule has 5 nitrogen and oxygen atoms in total. The van der Waals surface area contributed by atoms with E-state index in [1.807, 2.05) is 6.92 Å². The molecule has 0 fully saturated rings. The third kappa shape index (κ3) is 6.94. The minimum Gasteiger partial charge on any atom is -0.346 e. The van der Waals surface area contributed by atoms with E-state index in [-0.39, 0.29) is 11.9 Å². The second kappa shape index (κ2) is 9.53. The highest BCUT2D eigenvalue weighted by Gasteiger charge is 2.11. The minimum atomic E-state index is -0.0976. The predicted octanol–water partition coefficient (Wildman–Crippen LogP) is 3.12. The number of aromatic nitrogens is 3. The Morgan fingerprint density at radius 3 is 2.58 bits per heavy atom. The largest absolute Gasteiger partial charge is 0.346 e. The van der Waals surface area contributed by atoms with Crippen LogP contribution in [0.15, 0.2) is 6.33 Å². The predicted molar refractivity (Wildman–Crippen MR) is 75.6 cm³/mol. The number of unbranched alkanes of at least 4 members (excludes halogenated alkanes) is 6. The first kappa shape index (κ1) is 15.7. The van der Waals surface area contributed by atoms with Crippen LogP contribution in [-0.2, 0) is 4.79 Å². The molecule has 1 heterocycles. The minimum absolute atomic E-state index is 0.0949. The lowest BCUT2D eigenvalue weighted by atomic mass is 10.1. The number of amides is 1.